The van der Waals surface area contributed by atoms with E-state index >= 15 is 0 Å². The van der Waals surface area contributed by atoms with Crippen molar-refractivity contribution in [1.82, 2.24) is 15.2 Å². The Labute approximate surface area is 215 Å². The molecule has 0 radical (unpaired) electrons. The Morgan fingerprint density at radius 1 is 1.44 bits per heavy atom. The summed E-state index contributed by atoms with van der Waals surface area (Å²) in [6, 6.07) is -1.36. The lowest BCUT2D eigenvalue weighted by molar-refractivity contribution is -0.166. The lowest BCUT2D eigenvalue weighted by Gasteiger charge is -2.45. The van der Waals surface area contributed by atoms with Gasteiger partial charge in [0.2, 0.25) is 11.5 Å². The summed E-state index contributed by atoms with van der Waals surface area (Å²) in [5, 5.41) is 23.9. The van der Waals surface area contributed by atoms with Crippen molar-refractivity contribution in [3.8, 4) is 0 Å². The molecule has 0 aliphatic carbocycles. The van der Waals surface area contributed by atoms with Crippen molar-refractivity contribution in [2.24, 2.45) is 11.1 Å². The fourth-order valence-electron chi connectivity index (χ4n) is 3.27. The minimum atomic E-state index is -1.96. The van der Waals surface area contributed by atoms with Crippen LogP contribution in [0.15, 0.2) is 5.16 Å². The number of nitrogens with one attached hydrogen (secondary N) is 1. The maximum atomic E-state index is 13.1. The van der Waals surface area contributed by atoms with Gasteiger partial charge in [0.25, 0.3) is 11.8 Å². The summed E-state index contributed by atoms with van der Waals surface area (Å²) in [5.74, 6) is -4.82. The van der Waals surface area contributed by atoms with Crippen LogP contribution in [-0.4, -0.2) is 97.5 Å². The van der Waals surface area contributed by atoms with Gasteiger partial charge in [-0.15, -0.1) is 0 Å². The van der Waals surface area contributed by atoms with Crippen LogP contribution in [0.25, 0.3) is 0 Å². The van der Waals surface area contributed by atoms with Gasteiger partial charge in [-0.25, -0.2) is 9.78 Å². The molecular formula is C18H22ClN5O10S2. The number of cyclic esters (lactones) is 1. The maximum Gasteiger partial charge on any atom is 0.349 e. The number of carbonyl (C=O) groups is 4. The number of fused-ring (bicyclic) bond motifs is 1. The van der Waals surface area contributed by atoms with Crippen molar-refractivity contribution >= 4 is 68.7 Å². The van der Waals surface area contributed by atoms with Gasteiger partial charge in [-0.2, -0.15) is 0 Å². The van der Waals surface area contributed by atoms with E-state index in [1.807, 2.05) is 0 Å². The van der Waals surface area contributed by atoms with Gasteiger partial charge in [0.1, 0.15) is 15.8 Å². The molecule has 5 atom stereocenters. The number of ether oxygens (including phenoxy) is 2. The first-order chi connectivity index (χ1) is 16.9. The Bertz CT molecular complexity index is 1070. The number of esters is 2. The molecule has 0 saturated carbocycles. The van der Waals surface area contributed by atoms with E-state index in [-0.39, 0.29) is 20.9 Å². The highest BCUT2D eigenvalue weighted by atomic mass is 35.5. The number of rotatable bonds is 7. The molecule has 36 heavy (non-hydrogen) atoms. The van der Waals surface area contributed by atoms with E-state index in [2.05, 4.69) is 20.2 Å². The zero-order valence-corrected chi connectivity index (χ0v) is 21.2. The zero-order valence-electron chi connectivity index (χ0n) is 18.8. The first-order valence-corrected chi connectivity index (χ1v) is 12.8. The molecule has 2 aliphatic heterocycles. The number of nitrogens with two attached hydrogens (primary N) is 1. The fraction of sp³-hybridized carbons (Fsp3) is 0.556. The average Bonchev–Trinajstić information content (AvgIpc) is 3.17. The standard InChI is InChI=1S/C18H22ClN5O10S2/c1-6(17(30)32-2)34-23-10(9-12(19)35-18(20)22-9)13(26)21-11-14(27)24-5-33-8(25)3-7(16(28)29)4-36(31)15(11)24/h6-7,11,15-16,28-29H,3-5H2,1-2H3,(H2,20,22)(H,21,26)/b23-10-/t6-,7+,11-,15-,36?/m1/s1. The van der Waals surface area contributed by atoms with Crippen molar-refractivity contribution < 1.29 is 48.3 Å². The molecule has 2 fully saturated rings. The minimum Gasteiger partial charge on any atom is -0.615 e. The summed E-state index contributed by atoms with van der Waals surface area (Å²) in [7, 11) is 1.13. The van der Waals surface area contributed by atoms with Crippen LogP contribution >= 0.6 is 22.9 Å². The quantitative estimate of drug-likeness (QED) is 0.0693. The molecule has 198 valence electrons. The van der Waals surface area contributed by atoms with Gasteiger partial charge >= 0.3 is 11.9 Å². The van der Waals surface area contributed by atoms with Crippen LogP contribution < -0.4 is 11.1 Å². The molecule has 2 saturated heterocycles. The van der Waals surface area contributed by atoms with Gasteiger partial charge in [-0.05, 0) is 18.1 Å². The highest BCUT2D eigenvalue weighted by Crippen LogP contribution is 2.31. The predicted octanol–water partition coefficient (Wildman–Crippen LogP) is -2.11. The second kappa shape index (κ2) is 11.6. The summed E-state index contributed by atoms with van der Waals surface area (Å²) >= 11 is 5.00. The molecule has 1 aromatic rings. The number of aliphatic hydroxyl groups is 2. The summed E-state index contributed by atoms with van der Waals surface area (Å²) in [6.07, 6.45) is -3.60. The Balaban J connectivity index is 1.85. The summed E-state index contributed by atoms with van der Waals surface area (Å²) in [6.45, 7) is 0.771. The van der Waals surface area contributed by atoms with E-state index in [1.165, 1.54) is 6.92 Å². The third-order valence-corrected chi connectivity index (χ3v) is 8.07. The first kappa shape index (κ1) is 27.9. The van der Waals surface area contributed by atoms with Gasteiger partial charge in [-0.3, -0.25) is 19.3 Å². The lowest BCUT2D eigenvalue weighted by atomic mass is 10.1. The van der Waals surface area contributed by atoms with Crippen molar-refractivity contribution in [3.05, 3.63) is 10.0 Å². The molecule has 2 amide bonds. The molecule has 3 heterocycles. The Morgan fingerprint density at radius 2 is 2.14 bits per heavy atom. The van der Waals surface area contributed by atoms with E-state index in [0.29, 0.717) is 0 Å². The van der Waals surface area contributed by atoms with Crippen molar-refractivity contribution in [2.45, 2.75) is 37.2 Å². The molecule has 1 unspecified atom stereocenters. The van der Waals surface area contributed by atoms with Gasteiger partial charge in [0.05, 0.1) is 19.4 Å². The number of nitrogens with zero attached hydrogens (tertiary/aromatic N) is 3. The number of aromatic nitrogens is 1. The largest absolute Gasteiger partial charge is 0.615 e. The number of hydrogen-bond donors (Lipinski definition) is 4. The summed E-state index contributed by atoms with van der Waals surface area (Å²) in [4.78, 5) is 59.3. The highest BCUT2D eigenvalue weighted by molar-refractivity contribution is 7.92. The van der Waals surface area contributed by atoms with Gasteiger partial charge in [0, 0.05) is 0 Å². The Morgan fingerprint density at radius 3 is 2.72 bits per heavy atom. The Kier molecular flexibility index (Phi) is 8.96. The highest BCUT2D eigenvalue weighted by Gasteiger charge is 2.57. The topological polar surface area (TPSA) is 226 Å². The molecule has 2 aliphatic rings. The third-order valence-electron chi connectivity index (χ3n) is 5.17. The van der Waals surface area contributed by atoms with E-state index in [9.17, 15) is 33.9 Å². The number of oxime groups is 1. The molecule has 1 aromatic heterocycles. The number of anilines is 1. The van der Waals surface area contributed by atoms with Crippen molar-refractivity contribution in [2.75, 3.05) is 25.3 Å². The van der Waals surface area contributed by atoms with Crippen LogP contribution in [0.5, 0.6) is 0 Å². The van der Waals surface area contributed by atoms with Crippen molar-refractivity contribution in [1.29, 1.82) is 0 Å². The Hall–Kier alpha value is -2.70. The van der Waals surface area contributed by atoms with Gasteiger partial charge in [0.15, 0.2) is 29.9 Å². The number of carbonyl (C=O) groups excluding carboxylic acids is 4. The van der Waals surface area contributed by atoms with E-state index in [0.717, 1.165) is 23.3 Å². The molecular weight excluding hydrogens is 546 g/mol. The number of aliphatic hydroxyl groups excluding tert-OH is 1. The second-order valence-corrected chi connectivity index (χ2v) is 10.8. The van der Waals surface area contributed by atoms with Crippen LogP contribution in [0.3, 0.4) is 0 Å². The monoisotopic (exact) mass is 567 g/mol. The average molecular weight is 568 g/mol. The predicted molar refractivity (Wildman–Crippen MR) is 124 cm³/mol. The van der Waals surface area contributed by atoms with Crippen molar-refractivity contribution in [3.63, 3.8) is 0 Å². The molecule has 0 spiro atoms. The molecule has 0 aromatic carbocycles. The molecule has 15 nitrogen and oxygen atoms in total. The number of β-lactam (4-membered cyclic amide) rings is 1. The number of amides is 2. The molecule has 5 N–H and O–H groups in total. The number of methoxy groups -OCH3 is 1. The number of thiazole rings is 1. The van der Waals surface area contributed by atoms with Crippen LogP contribution in [-0.2, 0) is 44.7 Å². The number of nitrogen functional groups attached to an aromatic ring is 1. The van der Waals surface area contributed by atoms with Crippen LogP contribution in [0.1, 0.15) is 19.0 Å². The van der Waals surface area contributed by atoms with Crippen LogP contribution in [0, 0.1) is 5.92 Å². The maximum absolute atomic E-state index is 13.1. The SMILES string of the molecule is COC(=O)[C@@H](C)O/N=C(\C(=O)N[C@@H]1C(=O)N2COC(=O)C[C@H](C(O)O)C[S+]([O-])[C@H]12)c1nc(N)sc1Cl. The number of hydrogen-bond acceptors (Lipinski definition) is 14. The number of halogens is 1. The third kappa shape index (κ3) is 5.98. The normalized spacial score (nSPS) is 25.5. The minimum absolute atomic E-state index is 0.00444. The van der Waals surface area contributed by atoms with Gasteiger partial charge < -0.3 is 40.1 Å². The molecule has 18 heteroatoms. The molecule has 0 bridgehead atoms. The van der Waals surface area contributed by atoms with Crippen LogP contribution in [0.2, 0.25) is 4.34 Å². The summed E-state index contributed by atoms with van der Waals surface area (Å²) < 4.78 is 22.4. The van der Waals surface area contributed by atoms with Gasteiger partial charge in [-0.1, -0.05) is 28.1 Å². The fourth-order valence-corrected chi connectivity index (χ4v) is 6.04. The zero-order chi connectivity index (χ0) is 26.7. The first-order valence-electron chi connectivity index (χ1n) is 10.2. The second-order valence-electron chi connectivity index (χ2n) is 7.61. The lowest BCUT2D eigenvalue weighted by Crippen LogP contribution is -2.74. The van der Waals surface area contributed by atoms with E-state index in [4.69, 9.17) is 26.9 Å². The van der Waals surface area contributed by atoms with E-state index in [1.54, 1.807) is 0 Å². The smallest absolute Gasteiger partial charge is 0.349 e. The van der Waals surface area contributed by atoms with Crippen LogP contribution in [0.4, 0.5) is 5.13 Å². The van der Waals surface area contributed by atoms with E-state index < -0.39 is 83.5 Å². The molecule has 3 rings (SSSR count). The summed E-state index contributed by atoms with van der Waals surface area (Å²) in [5.41, 5.74) is 4.92.